The Morgan fingerprint density at radius 1 is 1.54 bits per heavy atom. The van der Waals surface area contributed by atoms with Gasteiger partial charge in [-0.15, -0.1) is 0 Å². The highest BCUT2D eigenvalue weighted by molar-refractivity contribution is 8.14. The SMILES string of the molecule is CSC1=NSc2cccc(Cl)c2N1. The van der Waals surface area contributed by atoms with Crippen molar-refractivity contribution in [3.8, 4) is 0 Å². The predicted octanol–water partition coefficient (Wildman–Crippen LogP) is 3.49. The second-order valence-corrected chi connectivity index (χ2v) is 4.44. The van der Waals surface area contributed by atoms with Crippen molar-refractivity contribution >= 4 is 46.2 Å². The van der Waals surface area contributed by atoms with Gasteiger partial charge in [0.15, 0.2) is 5.17 Å². The summed E-state index contributed by atoms with van der Waals surface area (Å²) in [7, 11) is 0. The highest BCUT2D eigenvalue weighted by Crippen LogP contribution is 2.37. The molecule has 0 radical (unpaired) electrons. The van der Waals surface area contributed by atoms with Crippen LogP contribution in [0.2, 0.25) is 5.02 Å². The summed E-state index contributed by atoms with van der Waals surface area (Å²) < 4.78 is 4.26. The zero-order valence-electron chi connectivity index (χ0n) is 6.87. The van der Waals surface area contributed by atoms with Gasteiger partial charge in [0.25, 0.3) is 0 Å². The van der Waals surface area contributed by atoms with Crippen LogP contribution < -0.4 is 5.32 Å². The van der Waals surface area contributed by atoms with Crippen LogP contribution in [0.4, 0.5) is 5.69 Å². The number of anilines is 1. The quantitative estimate of drug-likeness (QED) is 0.691. The Balaban J connectivity index is 2.39. The number of nitrogens with one attached hydrogen (secondary N) is 1. The minimum atomic E-state index is 0.742. The number of thioether (sulfide) groups is 1. The Morgan fingerprint density at radius 3 is 3.15 bits per heavy atom. The summed E-state index contributed by atoms with van der Waals surface area (Å²) in [6.07, 6.45) is 1.98. The molecular weight excluding hydrogens is 224 g/mol. The first-order valence-corrected chi connectivity index (χ1v) is 6.03. The fourth-order valence-electron chi connectivity index (χ4n) is 1.01. The molecule has 0 aromatic heterocycles. The van der Waals surface area contributed by atoms with Gasteiger partial charge in [0.05, 0.1) is 15.6 Å². The van der Waals surface area contributed by atoms with Crippen molar-refractivity contribution in [1.82, 2.24) is 0 Å². The Morgan fingerprint density at radius 2 is 2.38 bits per heavy atom. The predicted molar refractivity (Wildman–Crippen MR) is 61.9 cm³/mol. The smallest absolute Gasteiger partial charge is 0.173 e. The molecular formula is C8H7ClN2S2. The number of halogens is 1. The molecule has 0 atom stereocenters. The average Bonchev–Trinajstić information content (AvgIpc) is 2.18. The lowest BCUT2D eigenvalue weighted by Gasteiger charge is -2.16. The molecule has 2 rings (SSSR count). The van der Waals surface area contributed by atoms with E-state index in [1.807, 2.05) is 24.5 Å². The molecule has 0 saturated heterocycles. The maximum atomic E-state index is 6.02. The van der Waals surface area contributed by atoms with E-state index in [1.165, 1.54) is 11.9 Å². The summed E-state index contributed by atoms with van der Waals surface area (Å²) >= 11 is 9.06. The van der Waals surface area contributed by atoms with Crippen molar-refractivity contribution in [2.24, 2.45) is 4.40 Å². The number of amidine groups is 1. The molecule has 0 amide bonds. The highest BCUT2D eigenvalue weighted by Gasteiger charge is 2.13. The van der Waals surface area contributed by atoms with E-state index < -0.39 is 0 Å². The third kappa shape index (κ3) is 1.80. The number of rotatable bonds is 0. The maximum absolute atomic E-state index is 6.02. The molecule has 1 aliphatic heterocycles. The molecule has 13 heavy (non-hydrogen) atoms. The summed E-state index contributed by atoms with van der Waals surface area (Å²) in [6.45, 7) is 0. The number of hydrogen-bond donors (Lipinski definition) is 1. The van der Waals surface area contributed by atoms with Crippen molar-refractivity contribution in [2.45, 2.75) is 4.90 Å². The van der Waals surface area contributed by atoms with Crippen LogP contribution in [0.5, 0.6) is 0 Å². The molecule has 0 aliphatic carbocycles. The van der Waals surface area contributed by atoms with E-state index in [0.29, 0.717) is 0 Å². The van der Waals surface area contributed by atoms with Crippen LogP contribution in [0.25, 0.3) is 0 Å². The first-order valence-electron chi connectivity index (χ1n) is 3.66. The van der Waals surface area contributed by atoms with Gasteiger partial charge in [-0.2, -0.15) is 4.40 Å². The number of nitrogens with zero attached hydrogens (tertiary/aromatic N) is 1. The monoisotopic (exact) mass is 230 g/mol. The van der Waals surface area contributed by atoms with E-state index in [-0.39, 0.29) is 0 Å². The Hall–Kier alpha value is -0.320. The third-order valence-corrected chi connectivity index (χ3v) is 3.45. The van der Waals surface area contributed by atoms with Crippen molar-refractivity contribution in [3.63, 3.8) is 0 Å². The molecule has 0 spiro atoms. The van der Waals surface area contributed by atoms with E-state index in [4.69, 9.17) is 11.6 Å². The minimum absolute atomic E-state index is 0.742. The van der Waals surface area contributed by atoms with Crippen molar-refractivity contribution in [3.05, 3.63) is 23.2 Å². The van der Waals surface area contributed by atoms with E-state index >= 15 is 0 Å². The van der Waals surface area contributed by atoms with Crippen molar-refractivity contribution in [2.75, 3.05) is 11.6 Å². The fraction of sp³-hybridized carbons (Fsp3) is 0.125. The maximum Gasteiger partial charge on any atom is 0.173 e. The topological polar surface area (TPSA) is 24.4 Å². The molecule has 0 fully saturated rings. The Kier molecular flexibility index (Phi) is 2.71. The van der Waals surface area contributed by atoms with E-state index in [0.717, 1.165) is 20.8 Å². The molecule has 1 heterocycles. The lowest BCUT2D eigenvalue weighted by molar-refractivity contribution is 1.42. The van der Waals surface area contributed by atoms with Crippen LogP contribution in [-0.4, -0.2) is 11.4 Å². The van der Waals surface area contributed by atoms with E-state index in [2.05, 4.69) is 9.71 Å². The third-order valence-electron chi connectivity index (χ3n) is 1.63. The largest absolute Gasteiger partial charge is 0.332 e. The Labute approximate surface area is 90.3 Å². The van der Waals surface area contributed by atoms with Crippen LogP contribution in [0, 0.1) is 0 Å². The highest BCUT2D eigenvalue weighted by atomic mass is 35.5. The lowest BCUT2D eigenvalue weighted by atomic mass is 10.3. The molecule has 1 aliphatic rings. The van der Waals surface area contributed by atoms with Crippen LogP contribution in [0.3, 0.4) is 0 Å². The summed E-state index contributed by atoms with van der Waals surface area (Å²) in [5, 5.41) is 4.81. The van der Waals surface area contributed by atoms with Crippen LogP contribution in [-0.2, 0) is 0 Å². The van der Waals surface area contributed by atoms with Crippen LogP contribution in [0.15, 0.2) is 27.5 Å². The van der Waals surface area contributed by atoms with Crippen molar-refractivity contribution in [1.29, 1.82) is 0 Å². The normalized spacial score (nSPS) is 14.5. The van der Waals surface area contributed by atoms with Gasteiger partial charge in [-0.1, -0.05) is 29.4 Å². The first-order chi connectivity index (χ1) is 6.31. The molecule has 1 aromatic rings. The van der Waals surface area contributed by atoms with Gasteiger partial charge in [0.2, 0.25) is 0 Å². The molecule has 1 N–H and O–H groups in total. The van der Waals surface area contributed by atoms with Crippen LogP contribution >= 0.6 is 35.3 Å². The number of hydrogen-bond acceptors (Lipinski definition) is 4. The molecule has 68 valence electrons. The average molecular weight is 231 g/mol. The molecule has 1 aromatic carbocycles. The van der Waals surface area contributed by atoms with Crippen LogP contribution in [0.1, 0.15) is 0 Å². The summed E-state index contributed by atoms with van der Waals surface area (Å²) in [5.41, 5.74) is 0.966. The Bertz CT molecular complexity index is 365. The van der Waals surface area contributed by atoms with Gasteiger partial charge in [0.1, 0.15) is 0 Å². The lowest BCUT2D eigenvalue weighted by Crippen LogP contribution is -2.10. The number of fused-ring (bicyclic) bond motifs is 1. The molecule has 2 nitrogen and oxygen atoms in total. The zero-order chi connectivity index (χ0) is 9.26. The van der Waals surface area contributed by atoms with Gasteiger partial charge in [-0.05, 0) is 18.4 Å². The van der Waals surface area contributed by atoms with Gasteiger partial charge in [0, 0.05) is 11.9 Å². The second-order valence-electron chi connectivity index (χ2n) is 2.43. The molecule has 0 saturated carbocycles. The molecule has 0 unspecified atom stereocenters. The van der Waals surface area contributed by atoms with Gasteiger partial charge in [-0.3, -0.25) is 0 Å². The summed E-state index contributed by atoms with van der Waals surface area (Å²) in [5.74, 6) is 0. The van der Waals surface area contributed by atoms with E-state index in [1.54, 1.807) is 11.8 Å². The number of para-hydroxylation sites is 1. The first kappa shape index (κ1) is 9.24. The van der Waals surface area contributed by atoms with Gasteiger partial charge < -0.3 is 5.32 Å². The fourth-order valence-corrected chi connectivity index (χ4v) is 2.52. The zero-order valence-corrected chi connectivity index (χ0v) is 9.26. The molecule has 5 heteroatoms. The minimum Gasteiger partial charge on any atom is -0.332 e. The van der Waals surface area contributed by atoms with Crippen molar-refractivity contribution < 1.29 is 0 Å². The van der Waals surface area contributed by atoms with Gasteiger partial charge >= 0.3 is 0 Å². The standard InChI is InChI=1S/C8H7ClN2S2/c1-12-8-10-7-5(9)3-2-4-6(7)13-11-8/h2-4H,1H3,(H,10,11). The second kappa shape index (κ2) is 3.82. The summed E-state index contributed by atoms with van der Waals surface area (Å²) in [6, 6.07) is 5.80. The molecule has 0 bridgehead atoms. The van der Waals surface area contributed by atoms with E-state index in [9.17, 15) is 0 Å². The summed E-state index contributed by atoms with van der Waals surface area (Å²) in [4.78, 5) is 1.07. The number of benzene rings is 1. The van der Waals surface area contributed by atoms with Gasteiger partial charge in [-0.25, -0.2) is 0 Å².